The van der Waals surface area contributed by atoms with E-state index in [-0.39, 0.29) is 5.60 Å². The third kappa shape index (κ3) is 2.56. The maximum Gasteiger partial charge on any atom is 0.0872 e. The SMILES string of the molecule is CCNC(c1cc(C)c(C)cc1C)C1(OC)CCC1. The molecule has 0 bridgehead atoms. The Kier molecular flexibility index (Phi) is 4.32. The molecule has 1 fully saturated rings. The molecule has 2 heteroatoms. The Morgan fingerprint density at radius 1 is 1.16 bits per heavy atom. The van der Waals surface area contributed by atoms with Gasteiger partial charge in [0.2, 0.25) is 0 Å². The maximum absolute atomic E-state index is 5.91. The van der Waals surface area contributed by atoms with E-state index >= 15 is 0 Å². The van der Waals surface area contributed by atoms with Crippen LogP contribution in [-0.2, 0) is 4.74 Å². The Morgan fingerprint density at radius 3 is 2.26 bits per heavy atom. The van der Waals surface area contributed by atoms with Gasteiger partial charge in [0.05, 0.1) is 11.6 Å². The summed E-state index contributed by atoms with van der Waals surface area (Å²) >= 11 is 0. The molecule has 1 N–H and O–H groups in total. The van der Waals surface area contributed by atoms with Gasteiger partial charge < -0.3 is 10.1 Å². The van der Waals surface area contributed by atoms with Gasteiger partial charge in [0.15, 0.2) is 0 Å². The Morgan fingerprint density at radius 2 is 1.79 bits per heavy atom. The van der Waals surface area contributed by atoms with Crippen LogP contribution in [0.2, 0.25) is 0 Å². The van der Waals surface area contributed by atoms with Crippen molar-refractivity contribution >= 4 is 0 Å². The van der Waals surface area contributed by atoms with E-state index in [4.69, 9.17) is 4.74 Å². The van der Waals surface area contributed by atoms with Gasteiger partial charge in [-0.25, -0.2) is 0 Å². The lowest BCUT2D eigenvalue weighted by Gasteiger charge is -2.47. The first-order chi connectivity index (χ1) is 9.04. The van der Waals surface area contributed by atoms with Crippen LogP contribution in [0.25, 0.3) is 0 Å². The van der Waals surface area contributed by atoms with Crippen molar-refractivity contribution in [2.75, 3.05) is 13.7 Å². The largest absolute Gasteiger partial charge is 0.376 e. The van der Waals surface area contributed by atoms with Gasteiger partial charge >= 0.3 is 0 Å². The minimum atomic E-state index is 0.00245. The van der Waals surface area contributed by atoms with Crippen molar-refractivity contribution in [3.8, 4) is 0 Å². The molecule has 19 heavy (non-hydrogen) atoms. The van der Waals surface area contributed by atoms with Crippen LogP contribution in [0.15, 0.2) is 12.1 Å². The highest BCUT2D eigenvalue weighted by Gasteiger charge is 2.45. The highest BCUT2D eigenvalue weighted by Crippen LogP contribution is 2.45. The van der Waals surface area contributed by atoms with E-state index < -0.39 is 0 Å². The Balaban J connectivity index is 2.41. The highest BCUT2D eigenvalue weighted by molar-refractivity contribution is 5.40. The summed E-state index contributed by atoms with van der Waals surface area (Å²) in [5, 5.41) is 3.66. The summed E-state index contributed by atoms with van der Waals surface area (Å²) in [6.45, 7) is 9.74. The Labute approximate surface area is 117 Å². The van der Waals surface area contributed by atoms with Crippen LogP contribution in [0, 0.1) is 20.8 Å². The van der Waals surface area contributed by atoms with Gasteiger partial charge in [-0.3, -0.25) is 0 Å². The van der Waals surface area contributed by atoms with E-state index in [1.54, 1.807) is 0 Å². The molecule has 106 valence electrons. The number of methoxy groups -OCH3 is 1. The van der Waals surface area contributed by atoms with Crippen LogP contribution < -0.4 is 5.32 Å². The van der Waals surface area contributed by atoms with Gasteiger partial charge in [-0.1, -0.05) is 19.1 Å². The van der Waals surface area contributed by atoms with Crippen molar-refractivity contribution < 1.29 is 4.74 Å². The lowest BCUT2D eigenvalue weighted by Crippen LogP contribution is -2.50. The van der Waals surface area contributed by atoms with E-state index in [2.05, 4.69) is 45.1 Å². The van der Waals surface area contributed by atoms with Crippen molar-refractivity contribution in [1.82, 2.24) is 5.32 Å². The number of hydrogen-bond donors (Lipinski definition) is 1. The number of aryl methyl sites for hydroxylation is 3. The van der Waals surface area contributed by atoms with Crippen LogP contribution in [0.3, 0.4) is 0 Å². The molecule has 1 unspecified atom stereocenters. The quantitative estimate of drug-likeness (QED) is 0.869. The summed E-state index contributed by atoms with van der Waals surface area (Å²) in [4.78, 5) is 0. The van der Waals surface area contributed by atoms with Crippen molar-refractivity contribution in [3.05, 3.63) is 34.4 Å². The fourth-order valence-corrected chi connectivity index (χ4v) is 3.21. The minimum absolute atomic E-state index is 0.00245. The standard InChI is InChI=1S/C17H27NO/c1-6-18-16(17(19-5)8-7-9-17)15-11-13(3)12(2)10-14(15)4/h10-11,16,18H,6-9H2,1-5H3. The monoisotopic (exact) mass is 261 g/mol. The molecule has 1 saturated carbocycles. The molecule has 0 saturated heterocycles. The van der Waals surface area contributed by atoms with E-state index in [9.17, 15) is 0 Å². The van der Waals surface area contributed by atoms with Crippen LogP contribution >= 0.6 is 0 Å². The molecule has 0 spiro atoms. The fourth-order valence-electron chi connectivity index (χ4n) is 3.21. The number of nitrogens with one attached hydrogen (secondary N) is 1. The smallest absolute Gasteiger partial charge is 0.0872 e. The van der Waals surface area contributed by atoms with Crippen molar-refractivity contribution in [3.63, 3.8) is 0 Å². The van der Waals surface area contributed by atoms with Gasteiger partial charge in [-0.05, 0) is 68.8 Å². The topological polar surface area (TPSA) is 21.3 Å². The summed E-state index contributed by atoms with van der Waals surface area (Å²) < 4.78 is 5.91. The summed E-state index contributed by atoms with van der Waals surface area (Å²) in [6.07, 6.45) is 3.60. The molecular formula is C17H27NO. The molecule has 2 rings (SSSR count). The molecule has 1 aliphatic carbocycles. The number of likely N-dealkylation sites (N-methyl/N-ethyl adjacent to an activating group) is 1. The number of hydrogen-bond acceptors (Lipinski definition) is 2. The first-order valence-electron chi connectivity index (χ1n) is 7.40. The molecule has 1 aromatic carbocycles. The maximum atomic E-state index is 5.91. The zero-order valence-electron chi connectivity index (χ0n) is 13.0. The average molecular weight is 261 g/mol. The average Bonchev–Trinajstić information content (AvgIpc) is 2.32. The zero-order chi connectivity index (χ0) is 14.0. The second-order valence-electron chi connectivity index (χ2n) is 5.91. The Bertz CT molecular complexity index is 443. The zero-order valence-corrected chi connectivity index (χ0v) is 13.0. The van der Waals surface area contributed by atoms with E-state index in [0.717, 1.165) is 19.4 Å². The summed E-state index contributed by atoms with van der Waals surface area (Å²) in [5.41, 5.74) is 5.53. The van der Waals surface area contributed by atoms with E-state index in [1.807, 2.05) is 7.11 Å². The van der Waals surface area contributed by atoms with Gasteiger partial charge in [-0.15, -0.1) is 0 Å². The van der Waals surface area contributed by atoms with Gasteiger partial charge in [0, 0.05) is 7.11 Å². The molecule has 0 amide bonds. The molecular weight excluding hydrogens is 234 g/mol. The van der Waals surface area contributed by atoms with Crippen LogP contribution in [0.4, 0.5) is 0 Å². The van der Waals surface area contributed by atoms with Crippen LogP contribution in [-0.4, -0.2) is 19.3 Å². The van der Waals surface area contributed by atoms with Crippen LogP contribution in [0.5, 0.6) is 0 Å². The third-order valence-corrected chi connectivity index (χ3v) is 4.73. The molecule has 0 aromatic heterocycles. The first-order valence-corrected chi connectivity index (χ1v) is 7.40. The van der Waals surface area contributed by atoms with Crippen molar-refractivity contribution in [1.29, 1.82) is 0 Å². The molecule has 0 heterocycles. The van der Waals surface area contributed by atoms with Crippen molar-refractivity contribution in [2.24, 2.45) is 0 Å². The lowest BCUT2D eigenvalue weighted by molar-refractivity contribution is -0.0996. The number of benzene rings is 1. The highest BCUT2D eigenvalue weighted by atomic mass is 16.5. The Hall–Kier alpha value is -0.860. The second-order valence-corrected chi connectivity index (χ2v) is 5.91. The molecule has 2 nitrogen and oxygen atoms in total. The molecule has 1 atom stereocenters. The molecule has 1 aliphatic rings. The van der Waals surface area contributed by atoms with E-state index in [0.29, 0.717) is 6.04 Å². The van der Waals surface area contributed by atoms with E-state index in [1.165, 1.54) is 28.7 Å². The second kappa shape index (κ2) is 5.64. The summed E-state index contributed by atoms with van der Waals surface area (Å²) in [7, 11) is 1.86. The van der Waals surface area contributed by atoms with Gasteiger partial charge in [0.1, 0.15) is 0 Å². The number of ether oxygens (including phenoxy) is 1. The van der Waals surface area contributed by atoms with Gasteiger partial charge in [-0.2, -0.15) is 0 Å². The lowest BCUT2D eigenvalue weighted by atomic mass is 9.71. The minimum Gasteiger partial charge on any atom is -0.376 e. The van der Waals surface area contributed by atoms with Crippen molar-refractivity contribution in [2.45, 2.75) is 58.6 Å². The summed E-state index contributed by atoms with van der Waals surface area (Å²) in [6, 6.07) is 4.96. The normalized spacial score (nSPS) is 19.0. The summed E-state index contributed by atoms with van der Waals surface area (Å²) in [5.74, 6) is 0. The predicted octanol–water partition coefficient (Wildman–Crippen LogP) is 3.83. The fraction of sp³-hybridized carbons (Fsp3) is 0.647. The first kappa shape index (κ1) is 14.5. The van der Waals surface area contributed by atoms with Crippen LogP contribution in [0.1, 0.15) is 54.5 Å². The molecule has 1 aromatic rings. The molecule has 0 aliphatic heterocycles. The predicted molar refractivity (Wildman–Crippen MR) is 80.7 cm³/mol. The number of rotatable bonds is 5. The molecule has 0 radical (unpaired) electrons. The third-order valence-electron chi connectivity index (χ3n) is 4.73. The van der Waals surface area contributed by atoms with Gasteiger partial charge in [0.25, 0.3) is 0 Å².